The van der Waals surface area contributed by atoms with Crippen LogP contribution in [-0.2, 0) is 4.79 Å². The van der Waals surface area contributed by atoms with Crippen LogP contribution in [0.3, 0.4) is 0 Å². The predicted octanol–water partition coefficient (Wildman–Crippen LogP) is 1.32. The van der Waals surface area contributed by atoms with Crippen LogP contribution >= 0.6 is 0 Å². The van der Waals surface area contributed by atoms with E-state index in [1.165, 1.54) is 9.91 Å². The summed E-state index contributed by atoms with van der Waals surface area (Å²) in [6.07, 6.45) is 0. The number of benzene rings is 2. The van der Waals surface area contributed by atoms with Crippen LogP contribution in [0.25, 0.3) is 5.76 Å². The molecule has 2 aromatic carbocycles. The summed E-state index contributed by atoms with van der Waals surface area (Å²) in [4.78, 5) is 14.1. The first-order valence-corrected chi connectivity index (χ1v) is 7.16. The van der Waals surface area contributed by atoms with Gasteiger partial charge in [0.15, 0.2) is 5.76 Å². The molecule has 3 rings (SSSR count). The number of carbonyl (C=O) groups excluding carboxylic acids is 1. The van der Waals surface area contributed by atoms with Crippen molar-refractivity contribution in [1.82, 2.24) is 0 Å². The monoisotopic (exact) mass is 311 g/mol. The van der Waals surface area contributed by atoms with Gasteiger partial charge < -0.3 is 15.2 Å². The molecule has 2 aromatic rings. The molecular weight excluding hydrogens is 294 g/mol. The second kappa shape index (κ2) is 5.75. The van der Waals surface area contributed by atoms with Crippen LogP contribution in [0.4, 0.5) is 11.4 Å². The number of hydrogen-bond acceptors (Lipinski definition) is 4. The maximum absolute atomic E-state index is 12.7. The number of aliphatic hydroxyl groups is 1. The number of rotatable bonds is 2. The second-order valence-corrected chi connectivity index (χ2v) is 5.30. The lowest BCUT2D eigenvalue weighted by molar-refractivity contribution is -0.810. The molecule has 0 radical (unpaired) electrons. The smallest absolute Gasteiger partial charge is 0.318 e. The molecule has 0 spiro atoms. The van der Waals surface area contributed by atoms with E-state index in [-0.39, 0.29) is 11.5 Å². The van der Waals surface area contributed by atoms with Crippen molar-refractivity contribution in [3.63, 3.8) is 0 Å². The standard InChI is InChI=1S/C17H17N3O3/c1-18(12-8-4-3-5-9-12)17(22)15-16(21)13-10-6-7-11-14(13)19(2)20(15)23/h3-11,20-21H,1-2H3. The normalized spacial score (nSPS) is 17.0. The highest BCUT2D eigenvalue weighted by Gasteiger charge is 2.35. The van der Waals surface area contributed by atoms with Crippen molar-refractivity contribution in [3.05, 3.63) is 71.1 Å². The summed E-state index contributed by atoms with van der Waals surface area (Å²) in [6.45, 7) is 0. The summed E-state index contributed by atoms with van der Waals surface area (Å²) in [6, 6.07) is 15.9. The van der Waals surface area contributed by atoms with Crippen molar-refractivity contribution in [3.8, 4) is 0 Å². The van der Waals surface area contributed by atoms with Crippen molar-refractivity contribution in [1.29, 1.82) is 0 Å². The molecule has 0 bridgehead atoms. The van der Waals surface area contributed by atoms with Gasteiger partial charge in [-0.25, -0.2) is 10.2 Å². The Morgan fingerprint density at radius 3 is 2.43 bits per heavy atom. The third-order valence-electron chi connectivity index (χ3n) is 3.94. The number of fused-ring (bicyclic) bond motifs is 1. The molecule has 118 valence electrons. The third-order valence-corrected chi connectivity index (χ3v) is 3.94. The average molecular weight is 311 g/mol. The van der Waals surface area contributed by atoms with Gasteiger partial charge in [0.25, 0.3) is 5.70 Å². The van der Waals surface area contributed by atoms with Crippen LogP contribution in [0.1, 0.15) is 5.56 Å². The first-order chi connectivity index (χ1) is 11.0. The van der Waals surface area contributed by atoms with Gasteiger partial charge in [-0.3, -0.25) is 4.79 Å². The highest BCUT2D eigenvalue weighted by atomic mass is 16.6. The largest absolute Gasteiger partial charge is 0.602 e. The highest BCUT2D eigenvalue weighted by Crippen LogP contribution is 2.28. The number of carbonyl (C=O) groups is 1. The van der Waals surface area contributed by atoms with Gasteiger partial charge in [0.2, 0.25) is 0 Å². The summed E-state index contributed by atoms with van der Waals surface area (Å²) in [5, 5.41) is 23.9. The van der Waals surface area contributed by atoms with Crippen LogP contribution in [0.15, 0.2) is 60.3 Å². The molecule has 0 saturated carbocycles. The molecule has 2 N–H and O–H groups in total. The molecule has 0 fully saturated rings. The molecular formula is C17H17N3O3. The van der Waals surface area contributed by atoms with E-state index >= 15 is 0 Å². The molecule has 1 aliphatic heterocycles. The topological polar surface area (TPSA) is 71.3 Å². The van der Waals surface area contributed by atoms with E-state index in [1.54, 1.807) is 62.6 Å². The van der Waals surface area contributed by atoms with E-state index < -0.39 is 11.1 Å². The van der Waals surface area contributed by atoms with Gasteiger partial charge >= 0.3 is 5.91 Å². The third kappa shape index (κ3) is 2.44. The Labute approximate surface area is 134 Å². The Bertz CT molecular complexity index is 774. The summed E-state index contributed by atoms with van der Waals surface area (Å²) >= 11 is 0. The first kappa shape index (κ1) is 15.1. The van der Waals surface area contributed by atoms with E-state index in [4.69, 9.17) is 0 Å². The molecule has 1 unspecified atom stereocenters. The second-order valence-electron chi connectivity index (χ2n) is 5.30. The number of hydrogen-bond donors (Lipinski definition) is 2. The number of quaternary nitrogens is 1. The fourth-order valence-corrected chi connectivity index (χ4v) is 2.61. The van der Waals surface area contributed by atoms with Gasteiger partial charge in [0, 0.05) is 12.7 Å². The molecule has 6 nitrogen and oxygen atoms in total. The van der Waals surface area contributed by atoms with E-state index in [0.29, 0.717) is 16.9 Å². The minimum Gasteiger partial charge on any atom is -0.602 e. The van der Waals surface area contributed by atoms with Gasteiger partial charge in [0.1, 0.15) is 0 Å². The SMILES string of the molecule is CN(C(=O)C1=C(O)c2ccccc2N(C)[NH+]1[O-])c1ccccc1. The summed E-state index contributed by atoms with van der Waals surface area (Å²) in [5.74, 6) is -0.823. The zero-order valence-corrected chi connectivity index (χ0v) is 12.9. The molecule has 1 amide bonds. The molecule has 0 saturated heterocycles. The first-order valence-electron chi connectivity index (χ1n) is 7.16. The van der Waals surface area contributed by atoms with Crippen molar-refractivity contribution in [2.24, 2.45) is 0 Å². The van der Waals surface area contributed by atoms with E-state index in [9.17, 15) is 15.1 Å². The Morgan fingerprint density at radius 2 is 1.74 bits per heavy atom. The fourth-order valence-electron chi connectivity index (χ4n) is 2.61. The van der Waals surface area contributed by atoms with Gasteiger partial charge in [-0.1, -0.05) is 30.3 Å². The zero-order valence-electron chi connectivity index (χ0n) is 12.9. The van der Waals surface area contributed by atoms with Crippen molar-refractivity contribution in [2.75, 3.05) is 24.0 Å². The molecule has 0 aliphatic carbocycles. The van der Waals surface area contributed by atoms with E-state index in [2.05, 4.69) is 0 Å². The minimum atomic E-state index is -0.542. The Kier molecular flexibility index (Phi) is 3.77. The van der Waals surface area contributed by atoms with Gasteiger partial charge in [-0.15, -0.1) is 0 Å². The van der Waals surface area contributed by atoms with E-state index in [1.807, 2.05) is 6.07 Å². The lowest BCUT2D eigenvalue weighted by Gasteiger charge is -2.38. The van der Waals surface area contributed by atoms with Crippen LogP contribution in [0.2, 0.25) is 0 Å². The van der Waals surface area contributed by atoms with Crippen LogP contribution in [0, 0.1) is 5.21 Å². The van der Waals surface area contributed by atoms with Crippen LogP contribution in [-0.4, -0.2) is 25.1 Å². The van der Waals surface area contributed by atoms with Gasteiger partial charge in [-0.2, -0.15) is 0 Å². The maximum Gasteiger partial charge on any atom is 0.318 e. The number of nitrogens with zero attached hydrogens (tertiary/aromatic N) is 2. The lowest BCUT2D eigenvalue weighted by Crippen LogP contribution is -3.14. The number of aliphatic hydroxyl groups excluding tert-OH is 1. The van der Waals surface area contributed by atoms with Gasteiger partial charge in [-0.05, 0) is 24.3 Å². The molecule has 1 atom stereocenters. The minimum absolute atomic E-state index is 0.224. The number of amides is 1. The Balaban J connectivity index is 2.06. The lowest BCUT2D eigenvalue weighted by atomic mass is 10.1. The van der Waals surface area contributed by atoms with Crippen molar-refractivity contribution >= 4 is 23.0 Å². The average Bonchev–Trinajstić information content (AvgIpc) is 2.60. The summed E-state index contributed by atoms with van der Waals surface area (Å²) in [7, 11) is 3.16. The number of likely N-dealkylation sites (N-methyl/N-ethyl adjacent to an activating group) is 1. The quantitative estimate of drug-likeness (QED) is 0.821. The number of anilines is 2. The maximum atomic E-state index is 12.7. The molecule has 23 heavy (non-hydrogen) atoms. The summed E-state index contributed by atoms with van der Waals surface area (Å²) in [5.41, 5.74) is 1.47. The zero-order chi connectivity index (χ0) is 16.6. The molecule has 1 aliphatic rings. The van der Waals surface area contributed by atoms with Crippen molar-refractivity contribution < 1.29 is 15.1 Å². The van der Waals surface area contributed by atoms with E-state index in [0.717, 1.165) is 0 Å². The Morgan fingerprint density at radius 1 is 1.13 bits per heavy atom. The fraction of sp³-hybridized carbons (Fsp3) is 0.118. The summed E-state index contributed by atoms with van der Waals surface area (Å²) < 4.78 is 0. The van der Waals surface area contributed by atoms with Crippen molar-refractivity contribution in [2.45, 2.75) is 0 Å². The number of para-hydroxylation sites is 2. The Hall–Kier alpha value is -2.83. The van der Waals surface area contributed by atoms with Gasteiger partial charge in [0.05, 0.1) is 18.3 Å². The predicted molar refractivity (Wildman–Crippen MR) is 88.6 cm³/mol. The van der Waals surface area contributed by atoms with Crippen LogP contribution < -0.4 is 15.1 Å². The number of nitrogens with one attached hydrogen (secondary N) is 1. The number of hydroxylamine groups is 1. The molecule has 6 heteroatoms. The molecule has 1 heterocycles. The molecule has 0 aromatic heterocycles. The highest BCUT2D eigenvalue weighted by molar-refractivity contribution is 6.08. The van der Waals surface area contributed by atoms with Crippen LogP contribution in [0.5, 0.6) is 0 Å².